The van der Waals surface area contributed by atoms with Gasteiger partial charge < -0.3 is 10.1 Å². The summed E-state index contributed by atoms with van der Waals surface area (Å²) in [4.78, 5) is 14.2. The van der Waals surface area contributed by atoms with Crippen LogP contribution in [0.15, 0.2) is 48.5 Å². The molecule has 0 radical (unpaired) electrons. The van der Waals surface area contributed by atoms with Crippen molar-refractivity contribution in [1.29, 1.82) is 5.26 Å². The zero-order valence-corrected chi connectivity index (χ0v) is 15.0. The van der Waals surface area contributed by atoms with Crippen LogP contribution < -0.4 is 10.1 Å². The summed E-state index contributed by atoms with van der Waals surface area (Å²) in [6, 6.07) is 15.7. The van der Waals surface area contributed by atoms with E-state index in [4.69, 9.17) is 21.6 Å². The van der Waals surface area contributed by atoms with E-state index in [1.165, 1.54) is 0 Å². The second-order valence-corrected chi connectivity index (χ2v) is 6.08. The largest absolute Gasteiger partial charge is 0.492 e. The molecule has 0 heterocycles. The van der Waals surface area contributed by atoms with Crippen molar-refractivity contribution in [2.24, 2.45) is 0 Å². The van der Waals surface area contributed by atoms with E-state index in [9.17, 15) is 4.79 Å². The fraction of sp³-hybridized carbons (Fsp3) is 0.263. The smallest absolute Gasteiger partial charge is 0.241 e. The Bertz CT molecular complexity index is 756. The van der Waals surface area contributed by atoms with Crippen LogP contribution in [-0.4, -0.2) is 37.0 Å². The highest BCUT2D eigenvalue weighted by atomic mass is 35.5. The second kappa shape index (κ2) is 9.07. The van der Waals surface area contributed by atoms with E-state index in [1.54, 1.807) is 48.5 Å². The maximum atomic E-state index is 12.3. The molecule has 0 aromatic heterocycles. The minimum Gasteiger partial charge on any atom is -0.492 e. The van der Waals surface area contributed by atoms with Gasteiger partial charge in [-0.2, -0.15) is 5.26 Å². The molecular weight excluding hydrogens is 338 g/mol. The monoisotopic (exact) mass is 357 g/mol. The first-order chi connectivity index (χ1) is 12.0. The Balaban J connectivity index is 1.81. The SMILES string of the molecule is C[C@H](C(=O)Nc1cccc(C#N)c1)N(C)CCOc1ccc(Cl)cc1. The van der Waals surface area contributed by atoms with Crippen LogP contribution in [0.25, 0.3) is 0 Å². The Kier molecular flexibility index (Phi) is 6.81. The van der Waals surface area contributed by atoms with E-state index >= 15 is 0 Å². The van der Waals surface area contributed by atoms with Gasteiger partial charge in [-0.1, -0.05) is 17.7 Å². The number of benzene rings is 2. The molecule has 0 bridgehead atoms. The number of carbonyl (C=O) groups excluding carboxylic acids is 1. The van der Waals surface area contributed by atoms with Crippen LogP contribution in [-0.2, 0) is 4.79 Å². The number of hydrogen-bond acceptors (Lipinski definition) is 4. The van der Waals surface area contributed by atoms with Gasteiger partial charge in [0.1, 0.15) is 12.4 Å². The standard InChI is InChI=1S/C19H20ClN3O2/c1-14(19(24)22-17-5-3-4-15(12-17)13-21)23(2)10-11-25-18-8-6-16(20)7-9-18/h3-9,12,14H,10-11H2,1-2H3,(H,22,24)/t14-/m1/s1. The number of rotatable bonds is 7. The molecule has 2 aromatic carbocycles. The molecule has 0 aliphatic carbocycles. The predicted molar refractivity (Wildman–Crippen MR) is 98.8 cm³/mol. The number of nitrogens with zero attached hydrogens (tertiary/aromatic N) is 2. The van der Waals surface area contributed by atoms with Crippen molar-refractivity contribution in [3.8, 4) is 11.8 Å². The number of ether oxygens (including phenoxy) is 1. The van der Waals surface area contributed by atoms with Crippen LogP contribution in [0.3, 0.4) is 0 Å². The zero-order valence-electron chi connectivity index (χ0n) is 14.2. The third kappa shape index (κ3) is 5.79. The molecule has 2 aromatic rings. The Morgan fingerprint density at radius 2 is 2.04 bits per heavy atom. The van der Waals surface area contributed by atoms with Gasteiger partial charge in [0.15, 0.2) is 0 Å². The first kappa shape index (κ1) is 18.8. The van der Waals surface area contributed by atoms with E-state index in [0.717, 1.165) is 5.75 Å². The fourth-order valence-corrected chi connectivity index (χ4v) is 2.27. The summed E-state index contributed by atoms with van der Waals surface area (Å²) >= 11 is 5.83. The number of nitriles is 1. The Labute approximate surface area is 152 Å². The topological polar surface area (TPSA) is 65.4 Å². The van der Waals surface area contributed by atoms with E-state index in [-0.39, 0.29) is 11.9 Å². The summed E-state index contributed by atoms with van der Waals surface area (Å²) < 4.78 is 5.64. The molecule has 6 heteroatoms. The molecule has 0 spiro atoms. The van der Waals surface area contributed by atoms with E-state index < -0.39 is 0 Å². The quantitative estimate of drug-likeness (QED) is 0.823. The molecule has 0 aliphatic heterocycles. The van der Waals surface area contributed by atoms with Crippen molar-refractivity contribution in [2.75, 3.05) is 25.5 Å². The van der Waals surface area contributed by atoms with Gasteiger partial charge in [0, 0.05) is 17.3 Å². The van der Waals surface area contributed by atoms with Gasteiger partial charge in [-0.25, -0.2) is 0 Å². The zero-order chi connectivity index (χ0) is 18.2. The van der Waals surface area contributed by atoms with Gasteiger partial charge in [0.25, 0.3) is 0 Å². The average molecular weight is 358 g/mol. The molecule has 0 saturated carbocycles. The fourth-order valence-electron chi connectivity index (χ4n) is 2.15. The lowest BCUT2D eigenvalue weighted by Crippen LogP contribution is -2.41. The molecule has 5 nitrogen and oxygen atoms in total. The maximum absolute atomic E-state index is 12.3. The lowest BCUT2D eigenvalue weighted by Gasteiger charge is -2.23. The molecule has 0 saturated heterocycles. The first-order valence-electron chi connectivity index (χ1n) is 7.89. The van der Waals surface area contributed by atoms with Gasteiger partial charge in [0.05, 0.1) is 17.7 Å². The van der Waals surface area contributed by atoms with Crippen LogP contribution in [0.4, 0.5) is 5.69 Å². The number of anilines is 1. The highest BCUT2D eigenvalue weighted by molar-refractivity contribution is 6.30. The number of amides is 1. The first-order valence-corrected chi connectivity index (χ1v) is 8.27. The Hall–Kier alpha value is -2.55. The average Bonchev–Trinajstić information content (AvgIpc) is 2.62. The number of nitrogens with one attached hydrogen (secondary N) is 1. The van der Waals surface area contributed by atoms with Crippen molar-refractivity contribution in [3.63, 3.8) is 0 Å². The molecular formula is C19H20ClN3O2. The van der Waals surface area contributed by atoms with Crippen molar-refractivity contribution >= 4 is 23.2 Å². The molecule has 130 valence electrons. The molecule has 1 N–H and O–H groups in total. The molecule has 0 fully saturated rings. The van der Waals surface area contributed by atoms with Gasteiger partial charge in [0.2, 0.25) is 5.91 Å². The summed E-state index contributed by atoms with van der Waals surface area (Å²) in [5.41, 5.74) is 1.12. The van der Waals surface area contributed by atoms with Crippen molar-refractivity contribution in [2.45, 2.75) is 13.0 Å². The number of halogens is 1. The summed E-state index contributed by atoms with van der Waals surface area (Å²) in [6.07, 6.45) is 0. The minimum atomic E-state index is -0.334. The molecule has 2 rings (SSSR count). The maximum Gasteiger partial charge on any atom is 0.241 e. The number of carbonyl (C=O) groups is 1. The van der Waals surface area contributed by atoms with Crippen molar-refractivity contribution in [1.82, 2.24) is 4.90 Å². The van der Waals surface area contributed by atoms with Crippen LogP contribution in [0, 0.1) is 11.3 Å². The predicted octanol–water partition coefficient (Wildman–Crippen LogP) is 3.55. The lowest BCUT2D eigenvalue weighted by atomic mass is 10.2. The molecule has 25 heavy (non-hydrogen) atoms. The van der Waals surface area contributed by atoms with Gasteiger partial charge in [-0.05, 0) is 56.4 Å². The lowest BCUT2D eigenvalue weighted by molar-refractivity contribution is -0.120. The third-order valence-electron chi connectivity index (χ3n) is 3.83. The molecule has 1 atom stereocenters. The Morgan fingerprint density at radius 3 is 2.72 bits per heavy atom. The molecule has 0 unspecified atom stereocenters. The normalized spacial score (nSPS) is 11.6. The molecule has 1 amide bonds. The number of likely N-dealkylation sites (N-methyl/N-ethyl adjacent to an activating group) is 1. The van der Waals surface area contributed by atoms with Crippen LogP contribution in [0.1, 0.15) is 12.5 Å². The highest BCUT2D eigenvalue weighted by Gasteiger charge is 2.18. The molecule has 0 aliphatic rings. The van der Waals surface area contributed by atoms with Crippen molar-refractivity contribution < 1.29 is 9.53 Å². The Morgan fingerprint density at radius 1 is 1.32 bits per heavy atom. The van der Waals surface area contributed by atoms with E-state index in [0.29, 0.717) is 29.4 Å². The summed E-state index contributed by atoms with van der Waals surface area (Å²) in [5, 5.41) is 12.4. The highest BCUT2D eigenvalue weighted by Crippen LogP contribution is 2.15. The van der Waals surface area contributed by atoms with E-state index in [1.807, 2.05) is 18.9 Å². The van der Waals surface area contributed by atoms with E-state index in [2.05, 4.69) is 11.4 Å². The third-order valence-corrected chi connectivity index (χ3v) is 4.08. The minimum absolute atomic E-state index is 0.135. The van der Waals surface area contributed by atoms with Crippen molar-refractivity contribution in [3.05, 3.63) is 59.1 Å². The second-order valence-electron chi connectivity index (χ2n) is 5.64. The van der Waals surface area contributed by atoms with Crippen LogP contribution in [0.5, 0.6) is 5.75 Å². The summed E-state index contributed by atoms with van der Waals surface area (Å²) in [6.45, 7) is 2.88. The van der Waals surface area contributed by atoms with Gasteiger partial charge in [-0.3, -0.25) is 9.69 Å². The number of hydrogen-bond donors (Lipinski definition) is 1. The van der Waals surface area contributed by atoms with Gasteiger partial charge in [-0.15, -0.1) is 0 Å². The summed E-state index contributed by atoms with van der Waals surface area (Å²) in [5.74, 6) is 0.604. The van der Waals surface area contributed by atoms with Gasteiger partial charge >= 0.3 is 0 Å². The summed E-state index contributed by atoms with van der Waals surface area (Å²) in [7, 11) is 1.86. The van der Waals surface area contributed by atoms with Crippen LogP contribution >= 0.6 is 11.6 Å². The van der Waals surface area contributed by atoms with Crippen LogP contribution in [0.2, 0.25) is 5.02 Å².